The predicted molar refractivity (Wildman–Crippen MR) is 172 cm³/mol. The van der Waals surface area contributed by atoms with Gasteiger partial charge in [-0.25, -0.2) is 0 Å². The molecule has 0 aliphatic rings. The number of ether oxygens (including phenoxy) is 1. The fraction of sp³-hybridized carbons (Fsp3) is 0.722. The van der Waals surface area contributed by atoms with E-state index in [4.69, 9.17) is 9.84 Å². The van der Waals surface area contributed by atoms with Crippen LogP contribution >= 0.6 is 0 Å². The highest BCUT2D eigenvalue weighted by molar-refractivity contribution is 5.69. The molecule has 0 amide bonds. The Morgan fingerprint density at radius 2 is 1.02 bits per heavy atom. The topological polar surface area (TPSA) is 63.6 Å². The molecule has 0 saturated carbocycles. The molecule has 0 fully saturated rings. The van der Waals surface area contributed by atoms with Crippen LogP contribution in [0.5, 0.6) is 0 Å². The van der Waals surface area contributed by atoms with Crippen LogP contribution in [0, 0.1) is 0 Å². The van der Waals surface area contributed by atoms with Crippen molar-refractivity contribution in [2.45, 2.75) is 168 Å². The molecule has 0 saturated heterocycles. The second kappa shape index (κ2) is 31.4. The molecule has 0 radical (unpaired) electrons. The number of aliphatic carboxylic acids is 1. The van der Waals surface area contributed by atoms with Crippen molar-refractivity contribution in [1.82, 2.24) is 0 Å². The van der Waals surface area contributed by atoms with Crippen molar-refractivity contribution in [1.29, 1.82) is 0 Å². The first-order valence-electron chi connectivity index (χ1n) is 16.6. The van der Waals surface area contributed by atoms with Gasteiger partial charge in [-0.1, -0.05) is 120 Å². The van der Waals surface area contributed by atoms with E-state index in [0.717, 1.165) is 83.5 Å². The average molecular weight is 559 g/mol. The number of carbonyl (C=O) groups is 2. The van der Waals surface area contributed by atoms with Gasteiger partial charge >= 0.3 is 11.9 Å². The number of hydrogen-bond acceptors (Lipinski definition) is 3. The predicted octanol–water partition coefficient (Wildman–Crippen LogP) is 11.2. The quantitative estimate of drug-likeness (QED) is 0.0563. The molecule has 0 aromatic carbocycles. The second-order valence-corrected chi connectivity index (χ2v) is 11.0. The summed E-state index contributed by atoms with van der Waals surface area (Å²) in [4.78, 5) is 22.7. The van der Waals surface area contributed by atoms with E-state index in [0.29, 0.717) is 12.8 Å². The van der Waals surface area contributed by atoms with Crippen LogP contribution in [0.3, 0.4) is 0 Å². The molecule has 0 aromatic heterocycles. The van der Waals surface area contributed by atoms with Crippen molar-refractivity contribution in [2.24, 2.45) is 0 Å². The number of carbonyl (C=O) groups excluding carboxylic acids is 1. The highest BCUT2D eigenvalue weighted by Gasteiger charge is 2.12. The first-order valence-corrected chi connectivity index (χ1v) is 16.6. The first-order chi connectivity index (χ1) is 19.6. The van der Waals surface area contributed by atoms with Crippen LogP contribution in [-0.4, -0.2) is 23.1 Å². The monoisotopic (exact) mass is 558 g/mol. The maximum Gasteiger partial charge on any atom is 0.306 e. The molecule has 0 aliphatic carbocycles. The van der Waals surface area contributed by atoms with Gasteiger partial charge in [0.05, 0.1) is 0 Å². The van der Waals surface area contributed by atoms with E-state index in [1.165, 1.54) is 51.4 Å². The summed E-state index contributed by atoms with van der Waals surface area (Å²) in [6.07, 6.45) is 42.0. The Morgan fingerprint density at radius 1 is 0.575 bits per heavy atom. The molecule has 1 atom stereocenters. The maximum absolute atomic E-state index is 12.2. The van der Waals surface area contributed by atoms with E-state index >= 15 is 0 Å². The van der Waals surface area contributed by atoms with E-state index in [9.17, 15) is 9.59 Å². The third kappa shape index (κ3) is 30.4. The number of hydrogen-bond donors (Lipinski definition) is 1. The standard InChI is InChI=1S/C36H62O4/c1-3-5-6-7-8-9-10-11-12-13-14-15-16-17-18-19-24-27-30-33-36(39)40-34(4-2)31-28-25-22-20-21-23-26-29-32-35(37)38/h8-9,11-12,14-15,17-18,34H,3-7,10,13,16,19-33H2,1-2H3,(H,37,38)/b9-8-,12-11-,15-14-,18-17-. The van der Waals surface area contributed by atoms with Gasteiger partial charge in [0.1, 0.15) is 6.10 Å². The van der Waals surface area contributed by atoms with Gasteiger partial charge in [0, 0.05) is 12.8 Å². The zero-order valence-electron chi connectivity index (χ0n) is 26.1. The van der Waals surface area contributed by atoms with E-state index < -0.39 is 5.97 Å². The van der Waals surface area contributed by atoms with Crippen LogP contribution in [0.1, 0.15) is 162 Å². The van der Waals surface area contributed by atoms with Gasteiger partial charge in [0.25, 0.3) is 0 Å². The number of carboxylic acids is 1. The van der Waals surface area contributed by atoms with E-state index in [-0.39, 0.29) is 12.1 Å². The van der Waals surface area contributed by atoms with Crippen molar-refractivity contribution in [3.8, 4) is 0 Å². The van der Waals surface area contributed by atoms with Crippen LogP contribution in [0.15, 0.2) is 48.6 Å². The van der Waals surface area contributed by atoms with Gasteiger partial charge in [0.2, 0.25) is 0 Å². The maximum atomic E-state index is 12.2. The smallest absolute Gasteiger partial charge is 0.306 e. The lowest BCUT2D eigenvalue weighted by atomic mass is 10.0. The summed E-state index contributed by atoms with van der Waals surface area (Å²) < 4.78 is 5.71. The molecule has 4 heteroatoms. The van der Waals surface area contributed by atoms with Crippen molar-refractivity contribution in [3.05, 3.63) is 48.6 Å². The molecule has 1 N–H and O–H groups in total. The SMILES string of the molecule is CCCCC/C=C\C/C=C\C/C=C\C/C=C\CCCCCC(=O)OC(CC)CCCCCCCCCCC(=O)O. The average Bonchev–Trinajstić information content (AvgIpc) is 2.94. The molecule has 0 aromatic rings. The second-order valence-electron chi connectivity index (χ2n) is 11.0. The lowest BCUT2D eigenvalue weighted by Crippen LogP contribution is -2.17. The fourth-order valence-corrected chi connectivity index (χ4v) is 4.57. The lowest BCUT2D eigenvalue weighted by molar-refractivity contribution is -0.149. The van der Waals surface area contributed by atoms with E-state index in [1.54, 1.807) is 0 Å². The summed E-state index contributed by atoms with van der Waals surface area (Å²) in [5.41, 5.74) is 0. The molecule has 1 unspecified atom stereocenters. The molecule has 0 bridgehead atoms. The third-order valence-electron chi connectivity index (χ3n) is 7.13. The van der Waals surface area contributed by atoms with Crippen molar-refractivity contribution < 1.29 is 19.4 Å². The molecule has 0 rings (SSSR count). The summed E-state index contributed by atoms with van der Waals surface area (Å²) in [6.45, 7) is 4.34. The fourth-order valence-electron chi connectivity index (χ4n) is 4.57. The Kier molecular flexibility index (Phi) is 29.8. The molecule has 0 aliphatic heterocycles. The van der Waals surface area contributed by atoms with E-state index in [2.05, 4.69) is 62.5 Å². The van der Waals surface area contributed by atoms with Crippen molar-refractivity contribution in [3.63, 3.8) is 0 Å². The lowest BCUT2D eigenvalue weighted by Gasteiger charge is -2.16. The van der Waals surface area contributed by atoms with Gasteiger partial charge in [-0.2, -0.15) is 0 Å². The number of unbranched alkanes of at least 4 members (excludes halogenated alkanes) is 13. The number of esters is 1. The summed E-state index contributed by atoms with van der Waals surface area (Å²) in [5, 5.41) is 8.65. The van der Waals surface area contributed by atoms with Gasteiger partial charge in [-0.05, 0) is 77.0 Å². The van der Waals surface area contributed by atoms with Crippen molar-refractivity contribution in [2.75, 3.05) is 0 Å². The summed E-state index contributed by atoms with van der Waals surface area (Å²) >= 11 is 0. The van der Waals surface area contributed by atoms with Gasteiger partial charge < -0.3 is 9.84 Å². The molecule has 230 valence electrons. The molecule has 0 spiro atoms. The Bertz CT molecular complexity index is 689. The van der Waals surface area contributed by atoms with Gasteiger partial charge in [-0.15, -0.1) is 0 Å². The zero-order valence-corrected chi connectivity index (χ0v) is 26.1. The molecule has 4 nitrogen and oxygen atoms in total. The summed E-state index contributed by atoms with van der Waals surface area (Å²) in [5.74, 6) is -0.727. The van der Waals surface area contributed by atoms with Crippen LogP contribution in [-0.2, 0) is 14.3 Å². The molecule has 0 heterocycles. The number of rotatable bonds is 29. The Balaban J connectivity index is 3.59. The molecule has 40 heavy (non-hydrogen) atoms. The Hall–Kier alpha value is -2.10. The van der Waals surface area contributed by atoms with Crippen LogP contribution in [0.2, 0.25) is 0 Å². The Labute approximate surface area is 247 Å². The number of allylic oxidation sites excluding steroid dienone is 8. The minimum absolute atomic E-state index is 0.0362. The highest BCUT2D eigenvalue weighted by Crippen LogP contribution is 2.15. The van der Waals surface area contributed by atoms with Crippen molar-refractivity contribution >= 4 is 11.9 Å². The summed E-state index contributed by atoms with van der Waals surface area (Å²) in [6, 6.07) is 0. The third-order valence-corrected chi connectivity index (χ3v) is 7.13. The molecular formula is C36H62O4. The van der Waals surface area contributed by atoms with Gasteiger partial charge in [0.15, 0.2) is 0 Å². The van der Waals surface area contributed by atoms with Crippen LogP contribution in [0.4, 0.5) is 0 Å². The highest BCUT2D eigenvalue weighted by atomic mass is 16.5. The normalized spacial score (nSPS) is 12.8. The largest absolute Gasteiger partial charge is 0.481 e. The zero-order chi connectivity index (χ0) is 29.4. The van der Waals surface area contributed by atoms with Crippen LogP contribution in [0.25, 0.3) is 0 Å². The summed E-state index contributed by atoms with van der Waals surface area (Å²) in [7, 11) is 0. The van der Waals surface area contributed by atoms with Crippen LogP contribution < -0.4 is 0 Å². The van der Waals surface area contributed by atoms with E-state index in [1.807, 2.05) is 0 Å². The minimum atomic E-state index is -0.690. The first kappa shape index (κ1) is 37.9. The molecular weight excluding hydrogens is 496 g/mol. The van der Waals surface area contributed by atoms with Gasteiger partial charge in [-0.3, -0.25) is 9.59 Å². The minimum Gasteiger partial charge on any atom is -0.481 e. The number of carboxylic acid groups (broad SMARTS) is 1. The Morgan fingerprint density at radius 3 is 1.55 bits per heavy atom.